The second-order valence-corrected chi connectivity index (χ2v) is 59.2. The summed E-state index contributed by atoms with van der Waals surface area (Å²) in [6, 6.07) is 14.7. The van der Waals surface area contributed by atoms with Crippen molar-refractivity contribution < 1.29 is 9.18 Å². The van der Waals surface area contributed by atoms with Crippen LogP contribution in [0.1, 0.15) is 0 Å². The van der Waals surface area contributed by atoms with Gasteiger partial charge in [-0.3, -0.25) is 0 Å². The molecule has 2 aromatic carbocycles. The molecule has 0 saturated carbocycles. The largest absolute Gasteiger partial charge is 0.168 e. The predicted molar refractivity (Wildman–Crippen MR) is 81.6 cm³/mol. The Hall–Kier alpha value is 1.90. The molecule has 2 rings (SSSR count). The van der Waals surface area contributed by atoms with Crippen LogP contribution in [0.4, 0.5) is 0 Å². The van der Waals surface area contributed by atoms with Gasteiger partial charge >= 0.3 is 63.3 Å². The van der Waals surface area contributed by atoms with Crippen molar-refractivity contribution >= 4 is 64.9 Å². The average Bonchev–Trinajstić information content (AvgIpc) is 2.49. The summed E-state index contributed by atoms with van der Waals surface area (Å²) in [4.78, 5) is 0. The number of halogens is 3. The van der Waals surface area contributed by atoms with Gasteiger partial charge in [-0.25, -0.2) is 0 Å². The molecule has 0 bridgehead atoms. The minimum absolute atomic E-state index is 0.633. The molecule has 0 aromatic heterocycles. The van der Waals surface area contributed by atoms with Crippen molar-refractivity contribution in [3.05, 3.63) is 42.5 Å². The Morgan fingerprint density at radius 3 is 2.23 bits per heavy atom. The van der Waals surface area contributed by atoms with Crippen LogP contribution in [-0.4, -0.2) is 0 Å². The molecular weight excluding hydrogens is 580 g/mol. The average molecular weight is 587 g/mol. The first kappa shape index (κ1) is 13.0. The van der Waals surface area contributed by atoms with Crippen LogP contribution in [0.2, 0.25) is 0 Å². The van der Waals surface area contributed by atoms with Gasteiger partial charge in [0.1, 0.15) is 0 Å². The fourth-order valence-electron chi connectivity index (χ4n) is 1.07. The predicted octanol–water partition coefficient (Wildman–Crippen LogP) is 5.21. The molecule has 13 heavy (non-hydrogen) atoms. The molecule has 0 nitrogen and oxygen atoms in total. The Morgan fingerprint density at radius 1 is 1.00 bits per heavy atom. The molecule has 0 aliphatic heterocycles. The Labute approximate surface area is 114 Å². The van der Waals surface area contributed by atoms with E-state index in [0.29, 0.717) is 0 Å². The Kier molecular flexibility index (Phi) is 7.21. The first-order chi connectivity index (χ1) is 6.20. The Balaban J connectivity index is 0.000000184. The fourth-order valence-corrected chi connectivity index (χ4v) is 1.07. The standard InChI is InChI=1S/C9H7.3HI.Zr/c1-2-5-9-7-3-6-8(9)4-1;;;;/h1-7H;3*1H;/q-1;;;;+3/p-3. The van der Waals surface area contributed by atoms with E-state index >= 15 is 0 Å². The topological polar surface area (TPSA) is 0 Å². The van der Waals surface area contributed by atoms with Gasteiger partial charge in [0, 0.05) is 0 Å². The molecular formula is C9H7I3Zr-. The van der Waals surface area contributed by atoms with Crippen LogP contribution in [-0.2, 0) is 9.18 Å². The molecule has 2 aromatic rings. The van der Waals surface area contributed by atoms with E-state index in [4.69, 9.17) is 0 Å². The van der Waals surface area contributed by atoms with E-state index in [1.165, 1.54) is 10.8 Å². The van der Waals surface area contributed by atoms with Crippen LogP contribution in [0.3, 0.4) is 0 Å². The van der Waals surface area contributed by atoms with E-state index in [2.05, 4.69) is 96.6 Å². The molecule has 0 unspecified atom stereocenters. The molecule has 0 radical (unpaired) electrons. The summed E-state index contributed by atoms with van der Waals surface area (Å²) in [5.74, 6) is 0. The number of fused-ring (bicyclic) bond motifs is 1. The van der Waals surface area contributed by atoms with Crippen molar-refractivity contribution in [2.75, 3.05) is 0 Å². The molecule has 69 valence electrons. The monoisotopic (exact) mass is 586 g/mol. The minimum Gasteiger partial charge on any atom is -0.168 e. The maximum Gasteiger partial charge on any atom is -0.0809 e. The van der Waals surface area contributed by atoms with Gasteiger partial charge in [0.25, 0.3) is 0 Å². The van der Waals surface area contributed by atoms with Crippen molar-refractivity contribution in [3.63, 3.8) is 0 Å². The molecule has 0 N–H and O–H groups in total. The van der Waals surface area contributed by atoms with Crippen LogP contribution in [0.5, 0.6) is 0 Å². The zero-order chi connectivity index (χ0) is 9.68. The van der Waals surface area contributed by atoms with Crippen molar-refractivity contribution in [1.82, 2.24) is 0 Å². The van der Waals surface area contributed by atoms with Crippen molar-refractivity contribution in [3.8, 4) is 0 Å². The summed E-state index contributed by atoms with van der Waals surface area (Å²) >= 11 is 7.54. The van der Waals surface area contributed by atoms with E-state index in [-0.39, 0.29) is 0 Å². The fraction of sp³-hybridized carbons (Fsp3) is 0. The van der Waals surface area contributed by atoms with Gasteiger partial charge in [0.15, 0.2) is 0 Å². The quantitative estimate of drug-likeness (QED) is 0.294. The Morgan fingerprint density at radius 2 is 1.62 bits per heavy atom. The van der Waals surface area contributed by atoms with Gasteiger partial charge in [-0.05, 0) is 0 Å². The summed E-state index contributed by atoms with van der Waals surface area (Å²) in [5, 5.41) is 2.66. The third-order valence-electron chi connectivity index (χ3n) is 1.55. The molecule has 0 amide bonds. The molecule has 0 aliphatic carbocycles. The molecule has 4 heteroatoms. The van der Waals surface area contributed by atoms with Crippen molar-refractivity contribution in [2.24, 2.45) is 0 Å². The van der Waals surface area contributed by atoms with Crippen LogP contribution in [0, 0.1) is 0 Å². The van der Waals surface area contributed by atoms with Gasteiger partial charge in [-0.15, -0.1) is 29.7 Å². The number of hydrogen-bond donors (Lipinski definition) is 0. The smallest absolute Gasteiger partial charge is 0.0809 e. The maximum atomic E-state index is 2.51. The first-order valence-electron chi connectivity index (χ1n) is 3.64. The SMILES string of the molecule is [I][Zr]([I])[I].c1ccc2[cH-]ccc2c1. The van der Waals surface area contributed by atoms with Crippen molar-refractivity contribution in [1.29, 1.82) is 0 Å². The van der Waals surface area contributed by atoms with E-state index in [1.54, 1.807) is 0 Å². The van der Waals surface area contributed by atoms with Crippen LogP contribution < -0.4 is 0 Å². The number of rotatable bonds is 0. The van der Waals surface area contributed by atoms with Gasteiger partial charge in [-0.2, -0.15) is 17.5 Å². The molecule has 0 fully saturated rings. The van der Waals surface area contributed by atoms with Crippen LogP contribution in [0.25, 0.3) is 10.8 Å². The molecule has 0 atom stereocenters. The maximum absolute atomic E-state index is 2.51. The van der Waals surface area contributed by atoms with Gasteiger partial charge in [0.2, 0.25) is 0 Å². The normalized spacial score (nSPS) is 9.15. The minimum atomic E-state index is -0.633. The summed E-state index contributed by atoms with van der Waals surface area (Å²) in [6.07, 6.45) is 0. The van der Waals surface area contributed by atoms with Crippen LogP contribution in [0.15, 0.2) is 42.5 Å². The zero-order valence-corrected chi connectivity index (χ0v) is 15.6. The second-order valence-electron chi connectivity index (χ2n) is 2.37. The summed E-state index contributed by atoms with van der Waals surface area (Å²) < 4.78 is 0. The Bertz CT molecular complexity index is 323. The molecule has 0 spiro atoms. The van der Waals surface area contributed by atoms with Gasteiger partial charge in [-0.1, -0.05) is 6.07 Å². The third kappa shape index (κ3) is 5.51. The number of benzene rings is 1. The molecule has 0 heterocycles. The van der Waals surface area contributed by atoms with E-state index in [0.717, 1.165) is 0 Å². The van der Waals surface area contributed by atoms with Gasteiger partial charge in [0.05, 0.1) is 0 Å². The van der Waals surface area contributed by atoms with E-state index in [9.17, 15) is 0 Å². The second kappa shape index (κ2) is 7.22. The summed E-state index contributed by atoms with van der Waals surface area (Å²) in [7, 11) is -0.633. The first-order valence-corrected chi connectivity index (χ1v) is 25.6. The summed E-state index contributed by atoms with van der Waals surface area (Å²) in [5.41, 5.74) is 0. The molecule has 0 saturated heterocycles. The van der Waals surface area contributed by atoms with E-state index in [1.807, 2.05) is 0 Å². The zero-order valence-electron chi connectivity index (χ0n) is 6.68. The van der Waals surface area contributed by atoms with Crippen molar-refractivity contribution in [2.45, 2.75) is 0 Å². The third-order valence-corrected chi connectivity index (χ3v) is 1.55. The van der Waals surface area contributed by atoms with Gasteiger partial charge < -0.3 is 0 Å². The number of hydrogen-bond acceptors (Lipinski definition) is 0. The summed E-state index contributed by atoms with van der Waals surface area (Å²) in [6.45, 7) is 0. The molecule has 0 aliphatic rings. The van der Waals surface area contributed by atoms with E-state index < -0.39 is 9.18 Å². The van der Waals surface area contributed by atoms with Crippen LogP contribution >= 0.6 is 54.1 Å².